The SMILES string of the molecule is CN(c1cccc(F)c1CN(c1ccnc(Nc2ccc3c(c2)CC(=O)N3)n1)C(F)(F)F)S(C)(=O)=O. The summed E-state index contributed by atoms with van der Waals surface area (Å²) in [6.45, 7) is -1.05. The average molecular weight is 525 g/mol. The number of nitrogens with one attached hydrogen (secondary N) is 2. The first-order chi connectivity index (χ1) is 16.8. The van der Waals surface area contributed by atoms with Crippen LogP contribution in [0.3, 0.4) is 0 Å². The number of fused-ring (bicyclic) bond motifs is 1. The molecule has 1 amide bonds. The van der Waals surface area contributed by atoms with Gasteiger partial charge in [0.25, 0.3) is 0 Å². The van der Waals surface area contributed by atoms with Crippen molar-refractivity contribution in [2.45, 2.75) is 19.3 Å². The van der Waals surface area contributed by atoms with Crippen LogP contribution in [0.25, 0.3) is 0 Å². The minimum atomic E-state index is -4.99. The van der Waals surface area contributed by atoms with E-state index in [1.54, 1.807) is 18.2 Å². The molecule has 0 saturated heterocycles. The molecule has 2 aromatic carbocycles. The number of hydrogen-bond acceptors (Lipinski definition) is 7. The zero-order chi connectivity index (χ0) is 26.3. The molecule has 1 aromatic heterocycles. The highest BCUT2D eigenvalue weighted by Gasteiger charge is 2.40. The molecule has 0 aliphatic carbocycles. The van der Waals surface area contributed by atoms with Crippen LogP contribution in [-0.4, -0.2) is 43.9 Å². The molecule has 1 aliphatic rings. The number of rotatable bonds is 7. The van der Waals surface area contributed by atoms with Crippen molar-refractivity contribution in [3.8, 4) is 0 Å². The lowest BCUT2D eigenvalue weighted by molar-refractivity contribution is -0.131. The monoisotopic (exact) mass is 524 g/mol. The largest absolute Gasteiger partial charge is 0.486 e. The Balaban J connectivity index is 1.67. The fraction of sp³-hybridized carbons (Fsp3) is 0.227. The van der Waals surface area contributed by atoms with Gasteiger partial charge in [-0.1, -0.05) is 6.07 Å². The number of carbonyl (C=O) groups is 1. The van der Waals surface area contributed by atoms with Crippen LogP contribution in [0.1, 0.15) is 11.1 Å². The van der Waals surface area contributed by atoms with Gasteiger partial charge in [0.2, 0.25) is 21.9 Å². The molecule has 2 heterocycles. The lowest BCUT2D eigenvalue weighted by Gasteiger charge is -2.28. The summed E-state index contributed by atoms with van der Waals surface area (Å²) in [4.78, 5) is 19.3. The third-order valence-electron chi connectivity index (χ3n) is 5.46. The summed E-state index contributed by atoms with van der Waals surface area (Å²) >= 11 is 0. The molecule has 0 radical (unpaired) electrons. The lowest BCUT2D eigenvalue weighted by atomic mass is 10.1. The fourth-order valence-electron chi connectivity index (χ4n) is 3.63. The van der Waals surface area contributed by atoms with Gasteiger partial charge >= 0.3 is 6.30 Å². The summed E-state index contributed by atoms with van der Waals surface area (Å²) < 4.78 is 81.6. The Labute approximate surface area is 203 Å². The van der Waals surface area contributed by atoms with Crippen molar-refractivity contribution in [3.63, 3.8) is 0 Å². The van der Waals surface area contributed by atoms with E-state index in [0.29, 0.717) is 21.2 Å². The predicted octanol–water partition coefficient (Wildman–Crippen LogP) is 3.78. The van der Waals surface area contributed by atoms with E-state index in [1.165, 1.54) is 12.1 Å². The molecule has 190 valence electrons. The number of sulfonamides is 1. The van der Waals surface area contributed by atoms with E-state index in [1.807, 2.05) is 0 Å². The summed E-state index contributed by atoms with van der Waals surface area (Å²) in [5.74, 6) is -1.93. The van der Waals surface area contributed by atoms with Crippen LogP contribution < -0.4 is 19.8 Å². The third kappa shape index (κ3) is 5.32. The van der Waals surface area contributed by atoms with Gasteiger partial charge < -0.3 is 10.6 Å². The highest BCUT2D eigenvalue weighted by molar-refractivity contribution is 7.92. The zero-order valence-electron chi connectivity index (χ0n) is 19.0. The quantitative estimate of drug-likeness (QED) is 0.358. The number of amides is 1. The first-order valence-electron chi connectivity index (χ1n) is 10.4. The Kier molecular flexibility index (Phi) is 6.47. The van der Waals surface area contributed by atoms with Gasteiger partial charge in [-0.25, -0.2) is 17.8 Å². The normalized spacial score (nSPS) is 13.2. The van der Waals surface area contributed by atoms with E-state index in [9.17, 15) is 30.8 Å². The maximum absolute atomic E-state index is 14.7. The highest BCUT2D eigenvalue weighted by Crippen LogP contribution is 2.34. The van der Waals surface area contributed by atoms with E-state index >= 15 is 0 Å². The summed E-state index contributed by atoms with van der Waals surface area (Å²) in [7, 11) is -2.75. The molecule has 36 heavy (non-hydrogen) atoms. The maximum Gasteiger partial charge on any atom is 0.486 e. The second-order valence-electron chi connectivity index (χ2n) is 7.98. The van der Waals surface area contributed by atoms with Crippen LogP contribution in [0.2, 0.25) is 0 Å². The molecule has 0 unspecified atom stereocenters. The number of benzene rings is 2. The second kappa shape index (κ2) is 9.26. The van der Waals surface area contributed by atoms with Crippen molar-refractivity contribution in [2.75, 3.05) is 33.1 Å². The first-order valence-corrected chi connectivity index (χ1v) is 12.3. The molecular formula is C22H20F4N6O3S. The minimum absolute atomic E-state index is 0.108. The topological polar surface area (TPSA) is 108 Å². The summed E-state index contributed by atoms with van der Waals surface area (Å²) in [6, 6.07) is 9.28. The molecule has 4 rings (SSSR count). The molecular weight excluding hydrogens is 504 g/mol. The summed E-state index contributed by atoms with van der Waals surface area (Å²) in [6.07, 6.45) is -2.86. The molecule has 2 N–H and O–H groups in total. The Morgan fingerprint density at radius 2 is 1.92 bits per heavy atom. The molecule has 0 saturated carbocycles. The van der Waals surface area contributed by atoms with Crippen molar-refractivity contribution in [3.05, 3.63) is 65.6 Å². The smallest absolute Gasteiger partial charge is 0.326 e. The molecule has 0 bridgehead atoms. The average Bonchev–Trinajstić information content (AvgIpc) is 3.15. The van der Waals surface area contributed by atoms with Crippen LogP contribution in [0.5, 0.6) is 0 Å². The molecule has 9 nitrogen and oxygen atoms in total. The Bertz CT molecular complexity index is 1430. The molecule has 3 aromatic rings. The van der Waals surface area contributed by atoms with Gasteiger partial charge in [0.15, 0.2) is 0 Å². The Morgan fingerprint density at radius 3 is 2.61 bits per heavy atom. The number of alkyl halides is 3. The predicted molar refractivity (Wildman–Crippen MR) is 126 cm³/mol. The third-order valence-corrected chi connectivity index (χ3v) is 6.65. The second-order valence-corrected chi connectivity index (χ2v) is 10.00. The van der Waals surface area contributed by atoms with Crippen LogP contribution in [0.15, 0.2) is 48.7 Å². The van der Waals surface area contributed by atoms with Gasteiger partial charge in [-0.15, -0.1) is 0 Å². The fourth-order valence-corrected chi connectivity index (χ4v) is 4.16. The van der Waals surface area contributed by atoms with Gasteiger partial charge in [-0.3, -0.25) is 14.0 Å². The van der Waals surface area contributed by atoms with Crippen LogP contribution in [0.4, 0.5) is 46.4 Å². The van der Waals surface area contributed by atoms with Crippen molar-refractivity contribution in [1.29, 1.82) is 0 Å². The number of carbonyl (C=O) groups excluding carboxylic acids is 1. The van der Waals surface area contributed by atoms with E-state index in [-0.39, 0.29) is 28.9 Å². The highest BCUT2D eigenvalue weighted by atomic mass is 32.2. The van der Waals surface area contributed by atoms with Crippen LogP contribution in [-0.2, 0) is 27.8 Å². The number of aromatic nitrogens is 2. The van der Waals surface area contributed by atoms with Crippen molar-refractivity contribution >= 4 is 44.8 Å². The summed E-state index contributed by atoms with van der Waals surface area (Å²) in [5, 5.41) is 5.48. The standard InChI is InChI=1S/C22H20F4N6O3S/c1-31(36(2,34)35)18-5-3-4-16(23)15(18)12-32(22(24,25)26)19-8-9-27-21(30-19)28-14-6-7-17-13(10-14)11-20(33)29-17/h3-10H,11-12H2,1-2H3,(H,29,33)(H,27,28,30). The lowest BCUT2D eigenvalue weighted by Crippen LogP contribution is -2.39. The molecule has 1 aliphatic heterocycles. The van der Waals surface area contributed by atoms with E-state index in [2.05, 4.69) is 20.6 Å². The Hall–Kier alpha value is -3.94. The molecule has 0 atom stereocenters. The van der Waals surface area contributed by atoms with Crippen LogP contribution in [0, 0.1) is 5.82 Å². The summed E-state index contributed by atoms with van der Waals surface area (Å²) in [5.41, 5.74) is 1.09. The number of anilines is 5. The number of hydrogen-bond donors (Lipinski definition) is 2. The van der Waals surface area contributed by atoms with Gasteiger partial charge in [0.1, 0.15) is 11.6 Å². The van der Waals surface area contributed by atoms with Gasteiger partial charge in [-0.05, 0) is 42.0 Å². The van der Waals surface area contributed by atoms with Crippen molar-refractivity contribution in [2.24, 2.45) is 0 Å². The molecule has 0 fully saturated rings. The van der Waals surface area contributed by atoms with Crippen molar-refractivity contribution < 1.29 is 30.8 Å². The zero-order valence-corrected chi connectivity index (χ0v) is 19.8. The van der Waals surface area contributed by atoms with Gasteiger partial charge in [-0.2, -0.15) is 18.2 Å². The Morgan fingerprint density at radius 1 is 1.17 bits per heavy atom. The maximum atomic E-state index is 14.7. The number of nitrogens with zero attached hydrogens (tertiary/aromatic N) is 4. The van der Waals surface area contributed by atoms with E-state index < -0.39 is 40.1 Å². The van der Waals surface area contributed by atoms with Gasteiger partial charge in [0.05, 0.1) is 24.9 Å². The number of halogens is 4. The molecule has 0 spiro atoms. The first kappa shape index (κ1) is 25.2. The van der Waals surface area contributed by atoms with E-state index in [0.717, 1.165) is 31.6 Å². The van der Waals surface area contributed by atoms with Crippen molar-refractivity contribution in [1.82, 2.24) is 9.97 Å². The van der Waals surface area contributed by atoms with E-state index in [4.69, 9.17) is 0 Å². The van der Waals surface area contributed by atoms with Gasteiger partial charge in [0, 0.05) is 30.2 Å². The molecule has 14 heteroatoms. The minimum Gasteiger partial charge on any atom is -0.326 e. The van der Waals surface area contributed by atoms with Crippen LogP contribution >= 0.6 is 0 Å².